The molecule has 0 aliphatic carbocycles. The van der Waals surface area contributed by atoms with E-state index >= 15 is 0 Å². The van der Waals surface area contributed by atoms with Crippen LogP contribution in [0.25, 0.3) is 0 Å². The summed E-state index contributed by atoms with van der Waals surface area (Å²) in [6, 6.07) is 4.75. The monoisotopic (exact) mass is 224 g/mol. The molecule has 0 fully saturated rings. The Bertz CT molecular complexity index is 376. The van der Waals surface area contributed by atoms with Gasteiger partial charge in [0, 0.05) is 12.2 Å². The van der Waals surface area contributed by atoms with Gasteiger partial charge in [-0.1, -0.05) is 6.92 Å². The highest BCUT2D eigenvalue weighted by molar-refractivity contribution is 5.93. The van der Waals surface area contributed by atoms with Gasteiger partial charge in [-0.25, -0.2) is 10.2 Å². The number of aryl methyl sites for hydroxylation is 1. The molecule has 4 N–H and O–H groups in total. The minimum Gasteiger partial charge on any atom is -0.325 e. The van der Waals surface area contributed by atoms with Gasteiger partial charge in [0.1, 0.15) is 5.82 Å². The summed E-state index contributed by atoms with van der Waals surface area (Å²) in [4.78, 5) is 4.18. The van der Waals surface area contributed by atoms with Crippen molar-refractivity contribution in [1.29, 1.82) is 0 Å². The van der Waals surface area contributed by atoms with Crippen LogP contribution in [-0.2, 0) is 0 Å². The maximum Gasteiger partial charge on any atom is 0.210 e. The first-order valence-electron chi connectivity index (χ1n) is 5.21. The summed E-state index contributed by atoms with van der Waals surface area (Å²) in [5, 5.41) is 2.98. The minimum absolute atomic E-state index is 0.224. The minimum atomic E-state index is -0.224. The van der Waals surface area contributed by atoms with Gasteiger partial charge >= 0.3 is 0 Å². The lowest BCUT2D eigenvalue weighted by Gasteiger charge is -2.09. The molecule has 16 heavy (non-hydrogen) atoms. The lowest BCUT2D eigenvalue weighted by atomic mass is 10.2. The van der Waals surface area contributed by atoms with E-state index in [1.165, 1.54) is 6.07 Å². The lowest BCUT2D eigenvalue weighted by Crippen LogP contribution is -2.36. The molecular formula is C11H17FN4. The number of nitrogens with two attached hydrogens (primary N) is 1. The zero-order valence-corrected chi connectivity index (χ0v) is 9.55. The predicted octanol–water partition coefficient (Wildman–Crippen LogP) is 1.78. The largest absolute Gasteiger partial charge is 0.325 e. The molecule has 1 aromatic rings. The molecule has 0 spiro atoms. The Morgan fingerprint density at radius 2 is 2.25 bits per heavy atom. The third-order valence-electron chi connectivity index (χ3n) is 2.05. The molecule has 5 heteroatoms. The Hall–Kier alpha value is -1.62. The SMILES string of the molecule is CCCN=C(NN)Nc1ccc(F)c(C)c1. The van der Waals surface area contributed by atoms with Crippen LogP contribution in [0.2, 0.25) is 0 Å². The second kappa shape index (κ2) is 6.07. The van der Waals surface area contributed by atoms with E-state index in [9.17, 15) is 4.39 Å². The first-order valence-corrected chi connectivity index (χ1v) is 5.21. The molecule has 0 aliphatic rings. The molecule has 0 saturated heterocycles. The number of hydrogen-bond donors (Lipinski definition) is 3. The Balaban J connectivity index is 2.74. The molecule has 0 amide bonds. The maximum absolute atomic E-state index is 13.0. The quantitative estimate of drug-likeness (QED) is 0.317. The third kappa shape index (κ3) is 3.51. The molecule has 1 rings (SSSR count). The van der Waals surface area contributed by atoms with Gasteiger partial charge in [0.25, 0.3) is 0 Å². The number of rotatable bonds is 3. The van der Waals surface area contributed by atoms with E-state index in [1.54, 1.807) is 19.1 Å². The molecule has 4 nitrogen and oxygen atoms in total. The fraction of sp³-hybridized carbons (Fsp3) is 0.364. The normalized spacial score (nSPS) is 11.4. The number of benzene rings is 1. The Kier molecular flexibility index (Phi) is 4.72. The van der Waals surface area contributed by atoms with Gasteiger partial charge < -0.3 is 5.32 Å². The zero-order valence-electron chi connectivity index (χ0n) is 9.55. The Labute approximate surface area is 94.7 Å². The Morgan fingerprint density at radius 3 is 2.81 bits per heavy atom. The maximum atomic E-state index is 13.0. The number of aliphatic imine (C=N–C) groups is 1. The molecule has 88 valence electrons. The van der Waals surface area contributed by atoms with Crippen LogP contribution in [0.5, 0.6) is 0 Å². The number of halogens is 1. The van der Waals surface area contributed by atoms with E-state index in [0.29, 0.717) is 18.1 Å². The average Bonchev–Trinajstić information content (AvgIpc) is 2.29. The van der Waals surface area contributed by atoms with Crippen LogP contribution in [0.1, 0.15) is 18.9 Å². The smallest absolute Gasteiger partial charge is 0.210 e. The molecule has 0 radical (unpaired) electrons. The predicted molar refractivity (Wildman–Crippen MR) is 64.7 cm³/mol. The third-order valence-corrected chi connectivity index (χ3v) is 2.05. The van der Waals surface area contributed by atoms with Crippen molar-refractivity contribution >= 4 is 11.6 Å². The van der Waals surface area contributed by atoms with Crippen LogP contribution in [0.3, 0.4) is 0 Å². The van der Waals surface area contributed by atoms with Crippen molar-refractivity contribution in [3.8, 4) is 0 Å². The average molecular weight is 224 g/mol. The van der Waals surface area contributed by atoms with Gasteiger partial charge in [-0.05, 0) is 37.1 Å². The first-order chi connectivity index (χ1) is 7.67. The molecule has 0 atom stereocenters. The van der Waals surface area contributed by atoms with E-state index < -0.39 is 0 Å². The highest BCUT2D eigenvalue weighted by Crippen LogP contribution is 2.13. The summed E-state index contributed by atoms with van der Waals surface area (Å²) in [5.41, 5.74) is 3.80. The molecule has 0 heterocycles. The van der Waals surface area contributed by atoms with Gasteiger partial charge in [-0.2, -0.15) is 0 Å². The molecule has 0 aromatic heterocycles. The standard InChI is InChI=1S/C11H17FN4/c1-3-6-14-11(16-13)15-9-4-5-10(12)8(2)7-9/h4-5,7H,3,6,13H2,1-2H3,(H2,14,15,16). The molecule has 0 bridgehead atoms. The second-order valence-corrected chi connectivity index (χ2v) is 3.46. The van der Waals surface area contributed by atoms with Crippen molar-refractivity contribution in [3.63, 3.8) is 0 Å². The van der Waals surface area contributed by atoms with Crippen LogP contribution < -0.4 is 16.6 Å². The van der Waals surface area contributed by atoms with E-state index in [1.807, 2.05) is 6.92 Å². The van der Waals surface area contributed by atoms with Crippen molar-refractivity contribution in [2.24, 2.45) is 10.8 Å². The van der Waals surface area contributed by atoms with Crippen LogP contribution in [0.15, 0.2) is 23.2 Å². The van der Waals surface area contributed by atoms with Crippen molar-refractivity contribution < 1.29 is 4.39 Å². The summed E-state index contributed by atoms with van der Waals surface area (Å²) < 4.78 is 13.0. The summed E-state index contributed by atoms with van der Waals surface area (Å²) in [6.07, 6.45) is 0.940. The van der Waals surface area contributed by atoms with E-state index in [4.69, 9.17) is 5.84 Å². The summed E-state index contributed by atoms with van der Waals surface area (Å²) in [5.74, 6) is 5.57. The Morgan fingerprint density at radius 1 is 1.50 bits per heavy atom. The number of nitrogens with one attached hydrogen (secondary N) is 2. The van der Waals surface area contributed by atoms with Crippen LogP contribution >= 0.6 is 0 Å². The number of hydrazine groups is 1. The second-order valence-electron chi connectivity index (χ2n) is 3.46. The highest BCUT2D eigenvalue weighted by atomic mass is 19.1. The fourth-order valence-corrected chi connectivity index (χ4v) is 1.20. The number of hydrogen-bond acceptors (Lipinski definition) is 2. The van der Waals surface area contributed by atoms with Crippen LogP contribution in [0.4, 0.5) is 10.1 Å². The topological polar surface area (TPSA) is 62.4 Å². The fourth-order valence-electron chi connectivity index (χ4n) is 1.20. The van der Waals surface area contributed by atoms with Crippen molar-refractivity contribution in [2.45, 2.75) is 20.3 Å². The zero-order chi connectivity index (χ0) is 12.0. The van der Waals surface area contributed by atoms with Gasteiger partial charge in [0.05, 0.1) is 0 Å². The summed E-state index contributed by atoms with van der Waals surface area (Å²) in [6.45, 7) is 4.42. The van der Waals surface area contributed by atoms with Gasteiger partial charge in [-0.15, -0.1) is 0 Å². The first kappa shape index (κ1) is 12.4. The lowest BCUT2D eigenvalue weighted by molar-refractivity contribution is 0.619. The molecule has 0 aliphatic heterocycles. The summed E-state index contributed by atoms with van der Waals surface area (Å²) in [7, 11) is 0. The van der Waals surface area contributed by atoms with E-state index in [2.05, 4.69) is 15.7 Å². The molecule has 1 aromatic carbocycles. The van der Waals surface area contributed by atoms with Gasteiger partial charge in [0.15, 0.2) is 0 Å². The van der Waals surface area contributed by atoms with Gasteiger partial charge in [0.2, 0.25) is 5.96 Å². The van der Waals surface area contributed by atoms with Gasteiger partial charge in [-0.3, -0.25) is 10.4 Å². The molecular weight excluding hydrogens is 207 g/mol. The molecule has 0 saturated carbocycles. The van der Waals surface area contributed by atoms with Crippen LogP contribution in [-0.4, -0.2) is 12.5 Å². The van der Waals surface area contributed by atoms with E-state index in [-0.39, 0.29) is 5.82 Å². The highest BCUT2D eigenvalue weighted by Gasteiger charge is 2.01. The number of nitrogens with zero attached hydrogens (tertiary/aromatic N) is 1. The van der Waals surface area contributed by atoms with E-state index in [0.717, 1.165) is 12.1 Å². The van der Waals surface area contributed by atoms with Crippen molar-refractivity contribution in [1.82, 2.24) is 5.43 Å². The van der Waals surface area contributed by atoms with Crippen molar-refractivity contribution in [3.05, 3.63) is 29.6 Å². The number of guanidine groups is 1. The summed E-state index contributed by atoms with van der Waals surface area (Å²) >= 11 is 0. The molecule has 0 unspecified atom stereocenters. The van der Waals surface area contributed by atoms with Crippen molar-refractivity contribution in [2.75, 3.05) is 11.9 Å². The van der Waals surface area contributed by atoms with Crippen LogP contribution in [0, 0.1) is 12.7 Å². The number of anilines is 1.